The fourth-order valence-corrected chi connectivity index (χ4v) is 2.40. The second-order valence-corrected chi connectivity index (χ2v) is 6.06. The summed E-state index contributed by atoms with van der Waals surface area (Å²) in [7, 11) is 1.26. The maximum absolute atomic E-state index is 12.1. The third kappa shape index (κ3) is 5.40. The van der Waals surface area contributed by atoms with Crippen LogP contribution < -0.4 is 5.32 Å². The van der Waals surface area contributed by atoms with Crippen molar-refractivity contribution in [2.24, 2.45) is 5.92 Å². The summed E-state index contributed by atoms with van der Waals surface area (Å²) in [6.45, 7) is 3.21. The monoisotopic (exact) mass is 373 g/mol. The maximum atomic E-state index is 12.1. The molecule has 0 aliphatic rings. The summed E-state index contributed by atoms with van der Waals surface area (Å²) in [6, 6.07) is 10.1. The van der Waals surface area contributed by atoms with E-state index < -0.39 is 30.5 Å². The highest BCUT2D eigenvalue weighted by Gasteiger charge is 2.27. The molecule has 8 heteroatoms. The molecule has 2 N–H and O–H groups in total. The van der Waals surface area contributed by atoms with Gasteiger partial charge in [-0.3, -0.25) is 9.89 Å². The molecule has 0 fully saturated rings. The lowest BCUT2D eigenvalue weighted by molar-refractivity contribution is -0.147. The number of nitrogens with zero attached hydrogens (tertiary/aromatic N) is 1. The lowest BCUT2D eigenvalue weighted by Gasteiger charge is -2.21. The third-order valence-corrected chi connectivity index (χ3v) is 4.19. The van der Waals surface area contributed by atoms with Crippen molar-refractivity contribution in [1.82, 2.24) is 15.5 Å². The average molecular weight is 373 g/mol. The molecule has 0 saturated heterocycles. The van der Waals surface area contributed by atoms with Gasteiger partial charge >= 0.3 is 11.9 Å². The van der Waals surface area contributed by atoms with E-state index >= 15 is 0 Å². The first-order chi connectivity index (χ1) is 13.0. The molecule has 0 aliphatic heterocycles. The highest BCUT2D eigenvalue weighted by atomic mass is 16.5. The molecule has 2 atom stereocenters. The molecule has 144 valence electrons. The fraction of sp³-hybridized carbons (Fsp3) is 0.368. The molecule has 2 rings (SSSR count). The van der Waals surface area contributed by atoms with E-state index in [0.29, 0.717) is 12.1 Å². The number of hydrogen-bond acceptors (Lipinski definition) is 6. The lowest BCUT2D eigenvalue weighted by atomic mass is 9.99. The number of rotatable bonds is 8. The first-order valence-corrected chi connectivity index (χ1v) is 8.61. The Kier molecular flexibility index (Phi) is 7.10. The Morgan fingerprint density at radius 3 is 2.56 bits per heavy atom. The zero-order chi connectivity index (χ0) is 19.8. The number of amides is 1. The average Bonchev–Trinajstić information content (AvgIpc) is 3.20. The second kappa shape index (κ2) is 9.51. The highest BCUT2D eigenvalue weighted by Crippen LogP contribution is 2.17. The molecule has 0 unspecified atom stereocenters. The van der Waals surface area contributed by atoms with Crippen LogP contribution in [0, 0.1) is 5.92 Å². The Labute approximate surface area is 157 Å². The summed E-state index contributed by atoms with van der Waals surface area (Å²) in [6.07, 6.45) is 0.677. The van der Waals surface area contributed by atoms with E-state index in [1.807, 2.05) is 44.2 Å². The van der Waals surface area contributed by atoms with E-state index in [0.717, 1.165) is 5.56 Å². The van der Waals surface area contributed by atoms with Gasteiger partial charge in [-0.1, -0.05) is 50.6 Å². The van der Waals surface area contributed by atoms with Gasteiger partial charge < -0.3 is 14.8 Å². The molecule has 1 aromatic carbocycles. The first-order valence-electron chi connectivity index (χ1n) is 8.61. The zero-order valence-corrected chi connectivity index (χ0v) is 15.5. The first kappa shape index (κ1) is 20.2. The van der Waals surface area contributed by atoms with Crippen molar-refractivity contribution in [2.45, 2.75) is 26.3 Å². The fourth-order valence-electron chi connectivity index (χ4n) is 2.40. The van der Waals surface area contributed by atoms with Gasteiger partial charge in [0.2, 0.25) is 0 Å². The Bertz CT molecular complexity index is 788. The third-order valence-electron chi connectivity index (χ3n) is 4.19. The molecule has 8 nitrogen and oxygen atoms in total. The summed E-state index contributed by atoms with van der Waals surface area (Å²) in [5.41, 5.74) is 1.57. The van der Waals surface area contributed by atoms with Gasteiger partial charge in [-0.25, -0.2) is 9.59 Å². The topological polar surface area (TPSA) is 110 Å². The summed E-state index contributed by atoms with van der Waals surface area (Å²) in [5, 5.41) is 9.20. The van der Waals surface area contributed by atoms with E-state index in [-0.39, 0.29) is 11.6 Å². The van der Waals surface area contributed by atoms with Crippen LogP contribution in [0.2, 0.25) is 0 Å². The molecule has 0 saturated carbocycles. The molecule has 1 aromatic heterocycles. The number of methoxy groups -OCH3 is 1. The number of aromatic amines is 1. The molecular formula is C19H23N3O5. The van der Waals surface area contributed by atoms with Crippen LogP contribution in [0.4, 0.5) is 0 Å². The van der Waals surface area contributed by atoms with E-state index in [1.54, 1.807) is 6.07 Å². The summed E-state index contributed by atoms with van der Waals surface area (Å²) < 4.78 is 9.69. The zero-order valence-electron chi connectivity index (χ0n) is 15.5. The minimum atomic E-state index is -0.789. The van der Waals surface area contributed by atoms with Crippen LogP contribution in [-0.2, 0) is 19.1 Å². The lowest BCUT2D eigenvalue weighted by Crippen LogP contribution is -2.47. The standard InChI is InChI=1S/C19H23N3O5/c1-4-12(2)17(19(25)26-3)20-16(23)11-27-18(24)15-10-14(21-22-15)13-8-6-5-7-9-13/h5-10,12,17H,4,11H2,1-3H3,(H,20,23)(H,21,22)/t12-,17-/m0/s1. The number of aromatic nitrogens is 2. The van der Waals surface area contributed by atoms with E-state index in [1.165, 1.54) is 7.11 Å². The van der Waals surface area contributed by atoms with Gasteiger partial charge in [0.1, 0.15) is 11.7 Å². The molecule has 0 aliphatic carbocycles. The van der Waals surface area contributed by atoms with Crippen molar-refractivity contribution in [3.8, 4) is 11.3 Å². The van der Waals surface area contributed by atoms with Crippen LogP contribution in [0.5, 0.6) is 0 Å². The Morgan fingerprint density at radius 2 is 1.93 bits per heavy atom. The smallest absolute Gasteiger partial charge is 0.356 e. The molecule has 1 heterocycles. The number of H-pyrrole nitrogens is 1. The number of benzene rings is 1. The summed E-state index contributed by atoms with van der Waals surface area (Å²) in [4.78, 5) is 35.9. The van der Waals surface area contributed by atoms with Gasteiger partial charge in [0.05, 0.1) is 12.8 Å². The van der Waals surface area contributed by atoms with Gasteiger partial charge in [0.15, 0.2) is 6.61 Å². The second-order valence-electron chi connectivity index (χ2n) is 6.06. The predicted octanol–water partition coefficient (Wildman–Crippen LogP) is 1.94. The Balaban J connectivity index is 1.92. The van der Waals surface area contributed by atoms with Crippen molar-refractivity contribution >= 4 is 17.8 Å². The quantitative estimate of drug-likeness (QED) is 0.684. The molecule has 0 spiro atoms. The van der Waals surface area contributed by atoms with E-state index in [4.69, 9.17) is 9.47 Å². The highest BCUT2D eigenvalue weighted by molar-refractivity contribution is 5.91. The van der Waals surface area contributed by atoms with Crippen LogP contribution in [0.3, 0.4) is 0 Å². The summed E-state index contributed by atoms with van der Waals surface area (Å²) >= 11 is 0. The van der Waals surface area contributed by atoms with Crippen LogP contribution in [0.25, 0.3) is 11.3 Å². The van der Waals surface area contributed by atoms with Crippen LogP contribution in [0.1, 0.15) is 30.8 Å². The molecule has 0 radical (unpaired) electrons. The van der Waals surface area contributed by atoms with Crippen molar-refractivity contribution in [3.63, 3.8) is 0 Å². The van der Waals surface area contributed by atoms with Crippen LogP contribution in [-0.4, -0.2) is 47.8 Å². The number of hydrogen-bond donors (Lipinski definition) is 2. The van der Waals surface area contributed by atoms with Gasteiger partial charge in [0, 0.05) is 5.56 Å². The number of esters is 2. The van der Waals surface area contributed by atoms with E-state index in [9.17, 15) is 14.4 Å². The van der Waals surface area contributed by atoms with Crippen molar-refractivity contribution in [1.29, 1.82) is 0 Å². The summed E-state index contributed by atoms with van der Waals surface area (Å²) in [5.74, 6) is -1.94. The molecule has 2 aromatic rings. The minimum absolute atomic E-state index is 0.113. The SMILES string of the molecule is CC[C@H](C)[C@H](NC(=O)COC(=O)c1cc(-c2ccccc2)n[nH]1)C(=O)OC. The number of ether oxygens (including phenoxy) is 2. The molecule has 1 amide bonds. The largest absolute Gasteiger partial charge is 0.467 e. The Hall–Kier alpha value is -3.16. The number of nitrogens with one attached hydrogen (secondary N) is 2. The molecule has 0 bridgehead atoms. The van der Waals surface area contributed by atoms with E-state index in [2.05, 4.69) is 15.5 Å². The predicted molar refractivity (Wildman–Crippen MR) is 97.7 cm³/mol. The molecular weight excluding hydrogens is 350 g/mol. The maximum Gasteiger partial charge on any atom is 0.356 e. The normalized spacial score (nSPS) is 12.7. The van der Waals surface area contributed by atoms with Gasteiger partial charge in [0.25, 0.3) is 5.91 Å². The van der Waals surface area contributed by atoms with Crippen LogP contribution >= 0.6 is 0 Å². The van der Waals surface area contributed by atoms with Crippen LogP contribution in [0.15, 0.2) is 36.4 Å². The Morgan fingerprint density at radius 1 is 1.22 bits per heavy atom. The molecule has 27 heavy (non-hydrogen) atoms. The van der Waals surface area contributed by atoms with Gasteiger partial charge in [-0.05, 0) is 12.0 Å². The van der Waals surface area contributed by atoms with Gasteiger partial charge in [-0.2, -0.15) is 5.10 Å². The van der Waals surface area contributed by atoms with Crippen molar-refractivity contribution in [2.75, 3.05) is 13.7 Å². The number of carbonyl (C=O) groups is 3. The van der Waals surface area contributed by atoms with Crippen molar-refractivity contribution < 1.29 is 23.9 Å². The minimum Gasteiger partial charge on any atom is -0.467 e. The van der Waals surface area contributed by atoms with Gasteiger partial charge in [-0.15, -0.1) is 0 Å². The van der Waals surface area contributed by atoms with Crippen molar-refractivity contribution in [3.05, 3.63) is 42.1 Å². The number of carbonyl (C=O) groups excluding carboxylic acids is 3.